The third-order valence-electron chi connectivity index (χ3n) is 11.6. The Morgan fingerprint density at radius 2 is 1.02 bits per heavy atom. The van der Waals surface area contributed by atoms with Gasteiger partial charge in [0, 0.05) is 49.8 Å². The van der Waals surface area contributed by atoms with Crippen LogP contribution in [0.5, 0.6) is 0 Å². The second kappa shape index (κ2) is 12.2. The van der Waals surface area contributed by atoms with E-state index in [-0.39, 0.29) is 5.41 Å². The van der Waals surface area contributed by atoms with E-state index in [1.807, 2.05) is 30.3 Å². The number of hydrogen-bond acceptors (Lipinski definition) is 3. The van der Waals surface area contributed by atoms with Gasteiger partial charge in [0.1, 0.15) is 22.5 Å². The minimum absolute atomic E-state index is 0.264. The van der Waals surface area contributed by atoms with E-state index < -0.39 is 0 Å². The largest absolute Gasteiger partial charge is 0.456 e. The minimum Gasteiger partial charge on any atom is -0.456 e. The third kappa shape index (κ3) is 4.90. The highest BCUT2D eigenvalue weighted by Crippen LogP contribution is 2.52. The lowest BCUT2D eigenvalue weighted by molar-refractivity contribution is 0.631. The first-order valence-electron chi connectivity index (χ1n) is 18.8. The zero-order chi connectivity index (χ0) is 36.5. The molecule has 11 rings (SSSR count). The van der Waals surface area contributed by atoms with Crippen LogP contribution in [0.3, 0.4) is 0 Å². The van der Waals surface area contributed by atoms with Gasteiger partial charge >= 0.3 is 0 Å². The quantitative estimate of drug-likeness (QED) is 0.172. The Labute approximate surface area is 319 Å². The van der Waals surface area contributed by atoms with E-state index in [1.54, 1.807) is 0 Å². The Bertz CT molecular complexity index is 3000. The number of rotatable bonds is 6. The number of hydrogen-bond donors (Lipinski definition) is 0. The number of benzene rings is 8. The molecule has 10 aromatic rings. The molecule has 3 heteroatoms. The van der Waals surface area contributed by atoms with Crippen molar-refractivity contribution in [1.82, 2.24) is 0 Å². The number of anilines is 3. The molecule has 55 heavy (non-hydrogen) atoms. The van der Waals surface area contributed by atoms with E-state index in [9.17, 15) is 0 Å². The maximum atomic E-state index is 6.42. The molecule has 1 aliphatic carbocycles. The Morgan fingerprint density at radius 1 is 0.418 bits per heavy atom. The fraction of sp³-hybridized carbons (Fsp3) is 0.0385. The molecule has 0 unspecified atom stereocenters. The van der Waals surface area contributed by atoms with E-state index in [1.165, 1.54) is 27.8 Å². The third-order valence-corrected chi connectivity index (χ3v) is 11.6. The average Bonchev–Trinajstić information content (AvgIpc) is 3.93. The highest BCUT2D eigenvalue weighted by molar-refractivity contribution is 6.09. The Kier molecular flexibility index (Phi) is 6.99. The number of nitrogens with zero attached hydrogens (tertiary/aromatic N) is 1. The summed E-state index contributed by atoms with van der Waals surface area (Å²) in [7, 11) is 0. The first-order valence-corrected chi connectivity index (χ1v) is 18.8. The molecular formula is C52H35NO2. The molecular weight excluding hydrogens is 671 g/mol. The van der Waals surface area contributed by atoms with Crippen LogP contribution in [0.25, 0.3) is 66.5 Å². The first kappa shape index (κ1) is 31.4. The van der Waals surface area contributed by atoms with Crippen LogP contribution in [0.15, 0.2) is 203 Å². The summed E-state index contributed by atoms with van der Waals surface area (Å²) in [6, 6.07) is 69.2. The predicted molar refractivity (Wildman–Crippen MR) is 226 cm³/mol. The van der Waals surface area contributed by atoms with Gasteiger partial charge in [-0.1, -0.05) is 140 Å². The van der Waals surface area contributed by atoms with E-state index in [0.717, 1.165) is 72.4 Å². The summed E-state index contributed by atoms with van der Waals surface area (Å²) in [4.78, 5) is 2.34. The SMILES string of the molecule is CC1(c2ccc(N(c3ccc(-c4cccc5c4oc4ccccc45)cc3)c3ccc4oc(-c5ccccc5)cc4c3)cc2)c2ccccc2-c2ccccc21. The molecule has 0 atom stereocenters. The summed E-state index contributed by atoms with van der Waals surface area (Å²) in [6.07, 6.45) is 0. The van der Waals surface area contributed by atoms with Crippen LogP contribution in [-0.4, -0.2) is 0 Å². The molecule has 0 bridgehead atoms. The zero-order valence-corrected chi connectivity index (χ0v) is 30.2. The average molecular weight is 706 g/mol. The molecule has 0 amide bonds. The highest BCUT2D eigenvalue weighted by Gasteiger charge is 2.40. The summed E-state index contributed by atoms with van der Waals surface area (Å²) < 4.78 is 12.8. The van der Waals surface area contributed by atoms with E-state index in [2.05, 4.69) is 176 Å². The molecule has 8 aromatic carbocycles. The van der Waals surface area contributed by atoms with E-state index in [4.69, 9.17) is 8.83 Å². The van der Waals surface area contributed by atoms with Crippen molar-refractivity contribution < 1.29 is 8.83 Å². The van der Waals surface area contributed by atoms with Crippen LogP contribution >= 0.6 is 0 Å². The molecule has 0 saturated carbocycles. The first-order chi connectivity index (χ1) is 27.1. The topological polar surface area (TPSA) is 29.5 Å². The Morgan fingerprint density at radius 3 is 1.76 bits per heavy atom. The molecule has 1 aliphatic rings. The summed E-state index contributed by atoms with van der Waals surface area (Å²) in [5.74, 6) is 0.859. The lowest BCUT2D eigenvalue weighted by Gasteiger charge is -2.30. The van der Waals surface area contributed by atoms with Crippen molar-refractivity contribution in [2.75, 3.05) is 4.90 Å². The summed E-state index contributed by atoms with van der Waals surface area (Å²) in [5.41, 5.74) is 15.4. The lowest BCUT2D eigenvalue weighted by Crippen LogP contribution is -2.22. The van der Waals surface area contributed by atoms with Gasteiger partial charge < -0.3 is 13.7 Å². The van der Waals surface area contributed by atoms with Crippen LogP contribution in [0.1, 0.15) is 23.6 Å². The predicted octanol–water partition coefficient (Wildman–Crippen LogP) is 14.5. The molecule has 2 aromatic heterocycles. The van der Waals surface area contributed by atoms with Crippen LogP contribution in [0.4, 0.5) is 17.1 Å². The minimum atomic E-state index is -0.264. The van der Waals surface area contributed by atoms with Gasteiger partial charge in [-0.05, 0) is 94.9 Å². The molecule has 0 aliphatic heterocycles. The van der Waals surface area contributed by atoms with Gasteiger partial charge in [0.15, 0.2) is 0 Å². The molecule has 260 valence electrons. The second-order valence-corrected chi connectivity index (χ2v) is 14.6. The smallest absolute Gasteiger partial charge is 0.143 e. The molecule has 2 heterocycles. The lowest BCUT2D eigenvalue weighted by atomic mass is 9.74. The van der Waals surface area contributed by atoms with Crippen LogP contribution in [0.2, 0.25) is 0 Å². The van der Waals surface area contributed by atoms with E-state index in [0.29, 0.717) is 0 Å². The molecule has 3 nitrogen and oxygen atoms in total. The van der Waals surface area contributed by atoms with Crippen molar-refractivity contribution in [3.05, 3.63) is 211 Å². The number of fused-ring (bicyclic) bond motifs is 7. The van der Waals surface area contributed by atoms with Crippen molar-refractivity contribution >= 4 is 50.0 Å². The molecule has 0 radical (unpaired) electrons. The van der Waals surface area contributed by atoms with E-state index >= 15 is 0 Å². The number of para-hydroxylation sites is 2. The van der Waals surface area contributed by atoms with Crippen LogP contribution in [0, 0.1) is 0 Å². The van der Waals surface area contributed by atoms with Crippen molar-refractivity contribution in [1.29, 1.82) is 0 Å². The fourth-order valence-electron chi connectivity index (χ4n) is 8.83. The van der Waals surface area contributed by atoms with Crippen molar-refractivity contribution in [3.8, 4) is 33.6 Å². The normalized spacial score (nSPS) is 13.0. The van der Waals surface area contributed by atoms with Crippen molar-refractivity contribution in [2.45, 2.75) is 12.3 Å². The summed E-state index contributed by atoms with van der Waals surface area (Å²) in [6.45, 7) is 2.36. The van der Waals surface area contributed by atoms with Crippen LogP contribution in [-0.2, 0) is 5.41 Å². The summed E-state index contributed by atoms with van der Waals surface area (Å²) >= 11 is 0. The molecule has 0 spiro atoms. The monoisotopic (exact) mass is 705 g/mol. The van der Waals surface area contributed by atoms with Crippen molar-refractivity contribution in [3.63, 3.8) is 0 Å². The standard InChI is InChI=1S/C52H35NO2/c1-52(46-19-8-5-14-42(46)43-15-6-9-20-47(43)52)37-24-28-39(29-25-37)53(40-30-31-48-36(32-40)33-50(54-48)35-12-3-2-4-13-35)38-26-22-34(23-27-38)41-17-11-18-45-44-16-7-10-21-49(44)55-51(41)45/h2-33H,1H3. The van der Waals surface area contributed by atoms with Gasteiger partial charge in [-0.3, -0.25) is 0 Å². The molecule has 0 fully saturated rings. The Hall–Kier alpha value is -7.10. The van der Waals surface area contributed by atoms with Crippen molar-refractivity contribution in [2.24, 2.45) is 0 Å². The van der Waals surface area contributed by atoms with Gasteiger partial charge in [-0.15, -0.1) is 0 Å². The fourth-order valence-corrected chi connectivity index (χ4v) is 8.83. The van der Waals surface area contributed by atoms with Crippen LogP contribution < -0.4 is 4.90 Å². The maximum absolute atomic E-state index is 6.42. The van der Waals surface area contributed by atoms with Gasteiger partial charge in [-0.25, -0.2) is 0 Å². The van der Waals surface area contributed by atoms with Gasteiger partial charge in [0.05, 0.1) is 0 Å². The van der Waals surface area contributed by atoms with Gasteiger partial charge in [0.25, 0.3) is 0 Å². The van der Waals surface area contributed by atoms with Gasteiger partial charge in [-0.2, -0.15) is 0 Å². The molecule has 0 N–H and O–H groups in total. The Balaban J connectivity index is 1.03. The highest BCUT2D eigenvalue weighted by atomic mass is 16.3. The number of furan rings is 2. The maximum Gasteiger partial charge on any atom is 0.143 e. The van der Waals surface area contributed by atoms with Gasteiger partial charge in [0.2, 0.25) is 0 Å². The zero-order valence-electron chi connectivity index (χ0n) is 30.2. The molecule has 0 saturated heterocycles. The summed E-state index contributed by atoms with van der Waals surface area (Å²) in [5, 5.41) is 3.32. The second-order valence-electron chi connectivity index (χ2n) is 14.6.